The number of carbonyl (C=O) groups excluding carboxylic acids is 1. The third kappa shape index (κ3) is 3.01. The van der Waals surface area contributed by atoms with Crippen molar-refractivity contribution in [2.45, 2.75) is 0 Å². The summed E-state index contributed by atoms with van der Waals surface area (Å²) < 4.78 is 14.4. The number of ketones is 1. The Morgan fingerprint density at radius 2 is 1.41 bits per heavy atom. The van der Waals surface area contributed by atoms with Crippen LogP contribution < -0.4 is 0 Å². The van der Waals surface area contributed by atoms with Crippen molar-refractivity contribution in [1.82, 2.24) is 0 Å². The van der Waals surface area contributed by atoms with E-state index in [4.69, 9.17) is 0 Å². The van der Waals surface area contributed by atoms with Crippen molar-refractivity contribution in [2.75, 3.05) is 0 Å². The Kier molecular flexibility index (Phi) is 3.74. The molecule has 0 bridgehead atoms. The highest BCUT2D eigenvalue weighted by atomic mass is 79.9. The van der Waals surface area contributed by atoms with Gasteiger partial charge in [0, 0.05) is 20.1 Å². The van der Waals surface area contributed by atoms with Crippen LogP contribution in [0.1, 0.15) is 15.9 Å². The standard InChI is InChI=1S/C13H7Br2FO/c14-10-5-9(6-11(15)7-10)13(17)8-1-3-12(16)4-2-8/h1-7H. The predicted molar refractivity (Wildman–Crippen MR) is 71.7 cm³/mol. The minimum absolute atomic E-state index is 0.132. The number of carbonyl (C=O) groups is 1. The Balaban J connectivity index is 2.40. The number of hydrogen-bond donors (Lipinski definition) is 0. The second-order valence-electron chi connectivity index (χ2n) is 3.49. The lowest BCUT2D eigenvalue weighted by Gasteiger charge is -2.03. The van der Waals surface area contributed by atoms with Crippen LogP contribution >= 0.6 is 31.9 Å². The molecule has 0 radical (unpaired) electrons. The summed E-state index contributed by atoms with van der Waals surface area (Å²) >= 11 is 6.65. The van der Waals surface area contributed by atoms with Crippen LogP contribution in [-0.4, -0.2) is 5.78 Å². The molecule has 1 nitrogen and oxygen atoms in total. The van der Waals surface area contributed by atoms with Gasteiger partial charge in [0.25, 0.3) is 0 Å². The summed E-state index contributed by atoms with van der Waals surface area (Å²) in [7, 11) is 0. The van der Waals surface area contributed by atoms with Gasteiger partial charge < -0.3 is 0 Å². The van der Waals surface area contributed by atoms with Gasteiger partial charge in [0.1, 0.15) is 5.82 Å². The summed E-state index contributed by atoms with van der Waals surface area (Å²) in [6, 6.07) is 10.8. The van der Waals surface area contributed by atoms with Gasteiger partial charge in [-0.1, -0.05) is 31.9 Å². The molecule has 2 rings (SSSR count). The maximum absolute atomic E-state index is 12.8. The third-order valence-electron chi connectivity index (χ3n) is 2.23. The van der Waals surface area contributed by atoms with E-state index in [9.17, 15) is 9.18 Å². The van der Waals surface area contributed by atoms with Crippen molar-refractivity contribution in [3.05, 3.63) is 68.4 Å². The quantitative estimate of drug-likeness (QED) is 0.719. The summed E-state index contributed by atoms with van der Waals surface area (Å²) in [6.45, 7) is 0. The van der Waals surface area contributed by atoms with E-state index in [-0.39, 0.29) is 11.6 Å². The van der Waals surface area contributed by atoms with Crippen molar-refractivity contribution >= 4 is 37.6 Å². The van der Waals surface area contributed by atoms with Crippen molar-refractivity contribution in [3.8, 4) is 0 Å². The molecule has 0 aliphatic rings. The molecule has 0 aliphatic carbocycles. The lowest BCUT2D eigenvalue weighted by molar-refractivity contribution is 0.103. The fraction of sp³-hybridized carbons (Fsp3) is 0. The Morgan fingerprint density at radius 1 is 0.882 bits per heavy atom. The molecule has 2 aromatic carbocycles. The molecule has 86 valence electrons. The van der Waals surface area contributed by atoms with Crippen molar-refractivity contribution < 1.29 is 9.18 Å². The highest BCUT2D eigenvalue weighted by Gasteiger charge is 2.10. The summed E-state index contributed by atoms with van der Waals surface area (Å²) in [5.74, 6) is -0.482. The van der Waals surface area contributed by atoms with Crippen molar-refractivity contribution in [3.63, 3.8) is 0 Å². The van der Waals surface area contributed by atoms with Crippen LogP contribution in [0.2, 0.25) is 0 Å². The molecular formula is C13H7Br2FO. The molecular weight excluding hydrogens is 351 g/mol. The minimum Gasteiger partial charge on any atom is -0.289 e. The lowest BCUT2D eigenvalue weighted by atomic mass is 10.0. The first kappa shape index (κ1) is 12.5. The van der Waals surface area contributed by atoms with Gasteiger partial charge in [-0.2, -0.15) is 0 Å². The third-order valence-corrected chi connectivity index (χ3v) is 3.15. The van der Waals surface area contributed by atoms with Crippen molar-refractivity contribution in [1.29, 1.82) is 0 Å². The first-order valence-corrected chi connectivity index (χ1v) is 6.41. The van der Waals surface area contributed by atoms with Gasteiger partial charge in [-0.15, -0.1) is 0 Å². The topological polar surface area (TPSA) is 17.1 Å². The van der Waals surface area contributed by atoms with E-state index in [1.807, 2.05) is 6.07 Å². The zero-order valence-electron chi connectivity index (χ0n) is 8.58. The van der Waals surface area contributed by atoms with Crippen LogP contribution in [0.4, 0.5) is 4.39 Å². The Labute approximate surface area is 115 Å². The summed E-state index contributed by atoms with van der Waals surface area (Å²) in [6.07, 6.45) is 0. The predicted octanol–water partition coefficient (Wildman–Crippen LogP) is 4.58. The molecule has 2 aromatic rings. The van der Waals surface area contributed by atoms with Gasteiger partial charge in [0.05, 0.1) is 0 Å². The second-order valence-corrected chi connectivity index (χ2v) is 5.33. The molecule has 17 heavy (non-hydrogen) atoms. The van der Waals surface area contributed by atoms with E-state index in [1.54, 1.807) is 12.1 Å². The van der Waals surface area contributed by atoms with Gasteiger partial charge in [-0.25, -0.2) is 4.39 Å². The fourth-order valence-corrected chi connectivity index (χ4v) is 2.75. The molecule has 0 N–H and O–H groups in total. The molecule has 0 saturated carbocycles. The molecule has 0 saturated heterocycles. The molecule has 4 heteroatoms. The number of hydrogen-bond acceptors (Lipinski definition) is 1. The second kappa shape index (κ2) is 5.10. The smallest absolute Gasteiger partial charge is 0.193 e. The largest absolute Gasteiger partial charge is 0.289 e. The van der Waals surface area contributed by atoms with Crippen molar-refractivity contribution in [2.24, 2.45) is 0 Å². The van der Waals surface area contributed by atoms with E-state index >= 15 is 0 Å². The first-order chi connectivity index (χ1) is 8.06. The van der Waals surface area contributed by atoms with Crippen LogP contribution in [0.25, 0.3) is 0 Å². The average molecular weight is 358 g/mol. The SMILES string of the molecule is O=C(c1ccc(F)cc1)c1cc(Br)cc(Br)c1. The van der Waals surface area contributed by atoms with Crippen LogP contribution in [-0.2, 0) is 0 Å². The maximum atomic E-state index is 12.8. The zero-order valence-corrected chi connectivity index (χ0v) is 11.8. The minimum atomic E-state index is -0.350. The molecule has 0 atom stereocenters. The van der Waals surface area contributed by atoms with Crippen LogP contribution in [0.5, 0.6) is 0 Å². The normalized spacial score (nSPS) is 10.3. The van der Waals surface area contributed by atoms with E-state index in [1.165, 1.54) is 24.3 Å². The summed E-state index contributed by atoms with van der Waals surface area (Å²) in [5.41, 5.74) is 1.02. The Morgan fingerprint density at radius 3 is 1.94 bits per heavy atom. The lowest BCUT2D eigenvalue weighted by Crippen LogP contribution is -2.01. The molecule has 0 amide bonds. The van der Waals surface area contributed by atoms with Gasteiger partial charge in [-0.05, 0) is 42.5 Å². The van der Waals surface area contributed by atoms with E-state index in [0.29, 0.717) is 11.1 Å². The van der Waals surface area contributed by atoms with Gasteiger partial charge >= 0.3 is 0 Å². The van der Waals surface area contributed by atoms with Crippen LogP contribution in [0, 0.1) is 5.82 Å². The van der Waals surface area contributed by atoms with Gasteiger partial charge in [0.2, 0.25) is 0 Å². The molecule has 0 spiro atoms. The molecule has 0 unspecified atom stereocenters. The zero-order chi connectivity index (χ0) is 12.4. The molecule has 0 heterocycles. The van der Waals surface area contributed by atoms with Gasteiger partial charge in [-0.3, -0.25) is 4.79 Å². The summed E-state index contributed by atoms with van der Waals surface area (Å²) in [4.78, 5) is 12.1. The number of halogens is 3. The average Bonchev–Trinajstić information content (AvgIpc) is 2.28. The van der Waals surface area contributed by atoms with Gasteiger partial charge in [0.15, 0.2) is 5.78 Å². The van der Waals surface area contributed by atoms with E-state index < -0.39 is 0 Å². The maximum Gasteiger partial charge on any atom is 0.193 e. The number of benzene rings is 2. The van der Waals surface area contributed by atoms with Crippen LogP contribution in [0.15, 0.2) is 51.4 Å². The van der Waals surface area contributed by atoms with Crippen LogP contribution in [0.3, 0.4) is 0 Å². The number of rotatable bonds is 2. The fourth-order valence-electron chi connectivity index (χ4n) is 1.45. The Hall–Kier alpha value is -1.000. The molecule has 0 aliphatic heterocycles. The highest BCUT2D eigenvalue weighted by Crippen LogP contribution is 2.22. The summed E-state index contributed by atoms with van der Waals surface area (Å²) in [5, 5.41) is 0. The Bertz CT molecular complexity index is 544. The monoisotopic (exact) mass is 356 g/mol. The molecule has 0 fully saturated rings. The first-order valence-electron chi connectivity index (χ1n) is 4.82. The van der Waals surface area contributed by atoms with E-state index in [2.05, 4.69) is 31.9 Å². The highest BCUT2D eigenvalue weighted by molar-refractivity contribution is 9.11. The van der Waals surface area contributed by atoms with E-state index in [0.717, 1.165) is 8.95 Å². The molecule has 0 aromatic heterocycles.